The van der Waals surface area contributed by atoms with Crippen molar-refractivity contribution in [2.24, 2.45) is 0 Å². The van der Waals surface area contributed by atoms with Gasteiger partial charge < -0.3 is 4.74 Å². The van der Waals surface area contributed by atoms with Crippen LogP contribution in [0.15, 0.2) is 0 Å². The van der Waals surface area contributed by atoms with Crippen molar-refractivity contribution < 1.29 is 9.53 Å². The van der Waals surface area contributed by atoms with Gasteiger partial charge >= 0.3 is 5.97 Å². The first-order chi connectivity index (χ1) is 6.20. The predicted octanol–water partition coefficient (Wildman–Crippen LogP) is 2.88. The van der Waals surface area contributed by atoms with Gasteiger partial charge in [0.25, 0.3) is 0 Å². The Morgan fingerprint density at radius 3 is 2.46 bits per heavy atom. The Bertz CT molecular complexity index is 170. The molecule has 0 aliphatic heterocycles. The molecule has 0 aromatic rings. The van der Waals surface area contributed by atoms with Crippen LogP contribution < -0.4 is 0 Å². The van der Waals surface area contributed by atoms with Gasteiger partial charge in [-0.3, -0.25) is 4.79 Å². The number of hydrogen-bond acceptors (Lipinski definition) is 2. The maximum Gasteiger partial charge on any atom is 0.302 e. The summed E-state index contributed by atoms with van der Waals surface area (Å²) < 4.78 is 5.17. The number of esters is 1. The second-order valence-corrected chi connectivity index (χ2v) is 4.22. The largest absolute Gasteiger partial charge is 0.461 e. The molecule has 0 unspecified atom stereocenters. The van der Waals surface area contributed by atoms with E-state index in [2.05, 4.69) is 0 Å². The number of alkyl halides is 1. The van der Waals surface area contributed by atoms with Crippen molar-refractivity contribution in [2.75, 3.05) is 0 Å². The lowest BCUT2D eigenvalue weighted by Gasteiger charge is -2.24. The second kappa shape index (κ2) is 5.48. The van der Waals surface area contributed by atoms with Gasteiger partial charge in [-0.15, -0.1) is 11.6 Å². The lowest BCUT2D eigenvalue weighted by Crippen LogP contribution is -2.27. The van der Waals surface area contributed by atoms with Crippen LogP contribution in [0, 0.1) is 0 Å². The lowest BCUT2D eigenvalue weighted by atomic mass is 9.98. The summed E-state index contributed by atoms with van der Waals surface area (Å²) in [5.41, 5.74) is 0. The van der Waals surface area contributed by atoms with Crippen LogP contribution in [0.25, 0.3) is 0 Å². The summed E-state index contributed by atoms with van der Waals surface area (Å²) in [6, 6.07) is 0. The number of hydrogen-bond donors (Lipinski definition) is 0. The molecule has 2 nitrogen and oxygen atoms in total. The Balaban J connectivity index is 2.41. The average Bonchev–Trinajstić information content (AvgIpc) is 2.04. The molecule has 1 fully saturated rings. The molecule has 0 aromatic carbocycles. The van der Waals surface area contributed by atoms with Crippen molar-refractivity contribution in [3.63, 3.8) is 0 Å². The van der Waals surface area contributed by atoms with Crippen LogP contribution in [0.4, 0.5) is 0 Å². The molecule has 0 N–H and O–H groups in total. The van der Waals surface area contributed by atoms with E-state index >= 15 is 0 Å². The molecule has 0 aromatic heterocycles. The first-order valence-corrected chi connectivity index (χ1v) is 5.45. The van der Waals surface area contributed by atoms with Crippen molar-refractivity contribution in [3.05, 3.63) is 0 Å². The van der Waals surface area contributed by atoms with E-state index < -0.39 is 0 Å². The highest BCUT2D eigenvalue weighted by Crippen LogP contribution is 2.23. The number of halogens is 1. The third-order valence-corrected chi connectivity index (χ3v) is 2.94. The fourth-order valence-corrected chi connectivity index (χ4v) is 2.08. The maximum atomic E-state index is 10.8. The highest BCUT2D eigenvalue weighted by molar-refractivity contribution is 6.21. The zero-order chi connectivity index (χ0) is 9.68. The summed E-state index contributed by atoms with van der Waals surface area (Å²) in [4.78, 5) is 10.8. The molecule has 76 valence electrons. The highest BCUT2D eigenvalue weighted by Gasteiger charge is 2.22. The third kappa shape index (κ3) is 3.99. The SMILES string of the molecule is CC(=O)O[C@H]1CCCCCC[C@@H]1Cl. The van der Waals surface area contributed by atoms with Crippen molar-refractivity contribution in [3.8, 4) is 0 Å². The minimum absolute atomic E-state index is 0.0178. The molecule has 2 atom stereocenters. The summed E-state index contributed by atoms with van der Waals surface area (Å²) in [6.45, 7) is 1.45. The quantitative estimate of drug-likeness (QED) is 0.485. The van der Waals surface area contributed by atoms with Gasteiger partial charge in [-0.05, 0) is 19.3 Å². The van der Waals surface area contributed by atoms with Gasteiger partial charge in [-0.2, -0.15) is 0 Å². The number of rotatable bonds is 1. The molecule has 0 amide bonds. The maximum absolute atomic E-state index is 10.8. The van der Waals surface area contributed by atoms with Crippen LogP contribution in [0.1, 0.15) is 45.4 Å². The van der Waals surface area contributed by atoms with Crippen LogP contribution in [0.3, 0.4) is 0 Å². The van der Waals surface area contributed by atoms with Crippen LogP contribution in [0.2, 0.25) is 0 Å². The molecule has 1 aliphatic carbocycles. The molecule has 0 saturated heterocycles. The molecular weight excluding hydrogens is 188 g/mol. The minimum Gasteiger partial charge on any atom is -0.461 e. The van der Waals surface area contributed by atoms with E-state index in [0.29, 0.717) is 0 Å². The van der Waals surface area contributed by atoms with Crippen molar-refractivity contribution >= 4 is 17.6 Å². The molecule has 3 heteroatoms. The van der Waals surface area contributed by atoms with Gasteiger partial charge in [0.15, 0.2) is 0 Å². The Morgan fingerprint density at radius 1 is 1.23 bits per heavy atom. The summed E-state index contributed by atoms with van der Waals surface area (Å²) in [5.74, 6) is -0.212. The molecular formula is C10H17ClO2. The summed E-state index contributed by atoms with van der Waals surface area (Å²) in [7, 11) is 0. The van der Waals surface area contributed by atoms with E-state index in [1.165, 1.54) is 19.8 Å². The van der Waals surface area contributed by atoms with E-state index in [1.807, 2.05) is 0 Å². The number of carbonyl (C=O) groups excluding carboxylic acids is 1. The molecule has 0 bridgehead atoms. The van der Waals surface area contributed by atoms with Crippen LogP contribution in [0.5, 0.6) is 0 Å². The molecule has 0 heterocycles. The molecule has 13 heavy (non-hydrogen) atoms. The van der Waals surface area contributed by atoms with Crippen LogP contribution >= 0.6 is 11.6 Å². The van der Waals surface area contributed by atoms with E-state index in [-0.39, 0.29) is 17.5 Å². The summed E-state index contributed by atoms with van der Waals surface area (Å²) in [5, 5.41) is 0.0178. The predicted molar refractivity (Wildman–Crippen MR) is 52.9 cm³/mol. The average molecular weight is 205 g/mol. The monoisotopic (exact) mass is 204 g/mol. The Kier molecular flexibility index (Phi) is 4.57. The lowest BCUT2D eigenvalue weighted by molar-refractivity contribution is -0.147. The van der Waals surface area contributed by atoms with Crippen molar-refractivity contribution in [1.82, 2.24) is 0 Å². The van der Waals surface area contributed by atoms with E-state index in [1.54, 1.807) is 0 Å². The second-order valence-electron chi connectivity index (χ2n) is 3.66. The third-order valence-electron chi connectivity index (χ3n) is 2.44. The molecule has 1 aliphatic rings. The standard InChI is InChI=1S/C10H17ClO2/c1-8(12)13-10-7-5-3-2-4-6-9(10)11/h9-10H,2-7H2,1H3/t9-,10-/m0/s1. The van der Waals surface area contributed by atoms with E-state index in [0.717, 1.165) is 25.7 Å². The van der Waals surface area contributed by atoms with Crippen molar-refractivity contribution in [1.29, 1.82) is 0 Å². The topological polar surface area (TPSA) is 26.3 Å². The zero-order valence-electron chi connectivity index (χ0n) is 8.09. The highest BCUT2D eigenvalue weighted by atomic mass is 35.5. The Hall–Kier alpha value is -0.240. The number of ether oxygens (including phenoxy) is 1. The summed E-state index contributed by atoms with van der Waals surface area (Å²) in [6.07, 6.45) is 6.62. The Labute approximate surface area is 84.6 Å². The molecule has 0 spiro atoms. The van der Waals surface area contributed by atoms with Gasteiger partial charge in [0, 0.05) is 6.92 Å². The van der Waals surface area contributed by atoms with Gasteiger partial charge in [0.1, 0.15) is 6.10 Å². The van der Waals surface area contributed by atoms with Gasteiger partial charge in [0.05, 0.1) is 5.38 Å². The van der Waals surface area contributed by atoms with Crippen LogP contribution in [-0.4, -0.2) is 17.5 Å². The van der Waals surface area contributed by atoms with Crippen LogP contribution in [-0.2, 0) is 9.53 Å². The molecule has 1 saturated carbocycles. The molecule has 1 rings (SSSR count). The normalized spacial score (nSPS) is 30.3. The van der Waals surface area contributed by atoms with Crippen molar-refractivity contribution in [2.45, 2.75) is 56.9 Å². The summed E-state index contributed by atoms with van der Waals surface area (Å²) >= 11 is 6.13. The molecule has 0 radical (unpaired) electrons. The smallest absolute Gasteiger partial charge is 0.302 e. The Morgan fingerprint density at radius 2 is 1.85 bits per heavy atom. The fraction of sp³-hybridized carbons (Fsp3) is 0.900. The first-order valence-electron chi connectivity index (χ1n) is 5.01. The van der Waals surface area contributed by atoms with Gasteiger partial charge in [0.2, 0.25) is 0 Å². The first kappa shape index (κ1) is 10.8. The van der Waals surface area contributed by atoms with E-state index in [9.17, 15) is 4.79 Å². The van der Waals surface area contributed by atoms with Gasteiger partial charge in [-0.1, -0.05) is 19.3 Å². The fourth-order valence-electron chi connectivity index (χ4n) is 1.75. The minimum atomic E-state index is -0.212. The zero-order valence-corrected chi connectivity index (χ0v) is 8.85. The number of carbonyl (C=O) groups is 1. The van der Waals surface area contributed by atoms with Gasteiger partial charge in [-0.25, -0.2) is 0 Å². The van der Waals surface area contributed by atoms with E-state index in [4.69, 9.17) is 16.3 Å².